The molecule has 6 heteroatoms. The number of methoxy groups -OCH3 is 1. The second-order valence-electron chi connectivity index (χ2n) is 6.33. The number of hydrogen-bond acceptors (Lipinski definition) is 5. The van der Waals surface area contributed by atoms with Crippen molar-refractivity contribution in [3.8, 4) is 17.2 Å². The molecule has 0 spiro atoms. The van der Waals surface area contributed by atoms with Gasteiger partial charge in [-0.3, -0.25) is 0 Å². The number of aromatic hydroxyl groups is 2. The van der Waals surface area contributed by atoms with E-state index in [0.717, 1.165) is 18.5 Å². The third-order valence-corrected chi connectivity index (χ3v) is 4.16. The molecule has 6 nitrogen and oxygen atoms in total. The Morgan fingerprint density at radius 1 is 0.929 bits per heavy atom. The van der Waals surface area contributed by atoms with Gasteiger partial charge in [-0.25, -0.2) is 0 Å². The molecule has 1 aliphatic rings. The van der Waals surface area contributed by atoms with Gasteiger partial charge in [0.05, 0.1) is 17.5 Å². The molecule has 0 aliphatic carbocycles. The lowest BCUT2D eigenvalue weighted by molar-refractivity contribution is -0.110. The highest BCUT2D eigenvalue weighted by molar-refractivity contribution is 5.50. The van der Waals surface area contributed by atoms with E-state index in [-0.39, 0.29) is 12.0 Å². The molecule has 1 aliphatic heterocycles. The van der Waals surface area contributed by atoms with Crippen LogP contribution in [0.1, 0.15) is 19.8 Å². The molecule has 2 heterocycles. The molecule has 1 fully saturated rings. The van der Waals surface area contributed by atoms with Crippen LogP contribution in [0.15, 0.2) is 73.1 Å². The van der Waals surface area contributed by atoms with E-state index in [0.29, 0.717) is 17.5 Å². The van der Waals surface area contributed by atoms with Gasteiger partial charge in [0.1, 0.15) is 11.5 Å². The first kappa shape index (κ1) is 21.3. The summed E-state index contributed by atoms with van der Waals surface area (Å²) in [6, 6.07) is 17.8. The summed E-state index contributed by atoms with van der Waals surface area (Å²) in [5.41, 5.74) is 6.50. The van der Waals surface area contributed by atoms with Gasteiger partial charge in [-0.1, -0.05) is 24.3 Å². The summed E-state index contributed by atoms with van der Waals surface area (Å²) in [5, 5.41) is 18.3. The van der Waals surface area contributed by atoms with E-state index in [1.165, 1.54) is 0 Å². The fraction of sp³-hybridized carbons (Fsp3) is 0.273. The molecule has 0 saturated carbocycles. The third kappa shape index (κ3) is 6.64. The lowest BCUT2D eigenvalue weighted by atomic mass is 10.3. The van der Waals surface area contributed by atoms with Crippen molar-refractivity contribution in [2.24, 2.45) is 0 Å². The standard InChI is InChI=1S/C10H9NO.C6H7NO.C6H12O2/c12-10-6-2-1-5-9(10)11-7-3-4-8-11;7-5-3-1-2-4-6(5)8;1-5-3-4-6(7-2)8-5/h1-8,12H;1-4,8H,7H2;5-6H,3-4H2,1-2H3. The zero-order chi connectivity index (χ0) is 20.4. The Morgan fingerprint density at radius 3 is 1.96 bits per heavy atom. The highest BCUT2D eigenvalue weighted by atomic mass is 16.7. The molecule has 28 heavy (non-hydrogen) atoms. The number of ether oxygens (including phenoxy) is 2. The number of para-hydroxylation sites is 4. The molecule has 0 amide bonds. The maximum atomic E-state index is 9.46. The predicted molar refractivity (Wildman–Crippen MR) is 111 cm³/mol. The van der Waals surface area contributed by atoms with Crippen LogP contribution in [-0.4, -0.2) is 34.3 Å². The van der Waals surface area contributed by atoms with E-state index < -0.39 is 0 Å². The minimum absolute atomic E-state index is 0.0741. The van der Waals surface area contributed by atoms with Crippen LogP contribution in [0.2, 0.25) is 0 Å². The Labute approximate surface area is 165 Å². The SMILES string of the molecule is COC1CCC(C)O1.Nc1ccccc1O.Oc1ccccc1-n1cccc1. The molecular formula is C22H28N2O4. The smallest absolute Gasteiger partial charge is 0.157 e. The molecule has 2 aromatic carbocycles. The van der Waals surface area contributed by atoms with Gasteiger partial charge in [-0.15, -0.1) is 0 Å². The molecule has 3 aromatic rings. The van der Waals surface area contributed by atoms with Gasteiger partial charge in [0.25, 0.3) is 0 Å². The Balaban J connectivity index is 0.000000156. The van der Waals surface area contributed by atoms with Gasteiger partial charge in [-0.05, 0) is 49.7 Å². The number of nitrogens with two attached hydrogens (primary N) is 1. The number of phenolic OH excluding ortho intramolecular Hbond substituents is 2. The largest absolute Gasteiger partial charge is 0.506 e. The Kier molecular flexibility index (Phi) is 8.39. The van der Waals surface area contributed by atoms with Gasteiger partial charge < -0.3 is 30.0 Å². The summed E-state index contributed by atoms with van der Waals surface area (Å²) in [5.74, 6) is 0.446. The zero-order valence-corrected chi connectivity index (χ0v) is 16.2. The maximum absolute atomic E-state index is 9.46. The second-order valence-corrected chi connectivity index (χ2v) is 6.33. The molecule has 1 saturated heterocycles. The summed E-state index contributed by atoms with van der Waals surface area (Å²) in [6.45, 7) is 2.07. The number of nitrogens with zero attached hydrogens (tertiary/aromatic N) is 1. The molecule has 0 radical (unpaired) electrons. The molecule has 2 atom stereocenters. The summed E-state index contributed by atoms with van der Waals surface area (Å²) < 4.78 is 12.1. The Morgan fingerprint density at radius 2 is 1.54 bits per heavy atom. The van der Waals surface area contributed by atoms with Gasteiger partial charge in [-0.2, -0.15) is 0 Å². The van der Waals surface area contributed by atoms with Crippen LogP contribution in [0.4, 0.5) is 5.69 Å². The molecule has 2 unspecified atom stereocenters. The molecule has 150 valence electrons. The average Bonchev–Trinajstić information content (AvgIpc) is 3.37. The van der Waals surface area contributed by atoms with Crippen LogP contribution in [0.3, 0.4) is 0 Å². The zero-order valence-electron chi connectivity index (χ0n) is 16.2. The second kappa shape index (κ2) is 11.0. The number of aromatic nitrogens is 1. The summed E-state index contributed by atoms with van der Waals surface area (Å²) in [6.07, 6.45) is 6.46. The van der Waals surface area contributed by atoms with Crippen LogP contribution in [0.25, 0.3) is 5.69 Å². The molecule has 4 rings (SSSR count). The first-order chi connectivity index (χ1) is 13.5. The van der Waals surface area contributed by atoms with Crippen molar-refractivity contribution in [2.45, 2.75) is 32.2 Å². The normalized spacial score (nSPS) is 17.8. The van der Waals surface area contributed by atoms with E-state index in [9.17, 15) is 5.11 Å². The lowest BCUT2D eigenvalue weighted by Crippen LogP contribution is -2.09. The van der Waals surface area contributed by atoms with Gasteiger partial charge >= 0.3 is 0 Å². The van der Waals surface area contributed by atoms with Crippen molar-refractivity contribution in [2.75, 3.05) is 12.8 Å². The number of hydrogen-bond donors (Lipinski definition) is 3. The van der Waals surface area contributed by atoms with Crippen LogP contribution in [0, 0.1) is 0 Å². The minimum atomic E-state index is 0.0741. The number of benzene rings is 2. The van der Waals surface area contributed by atoms with Crippen LogP contribution < -0.4 is 5.73 Å². The van der Waals surface area contributed by atoms with Crippen LogP contribution in [0.5, 0.6) is 11.5 Å². The first-order valence-electron chi connectivity index (χ1n) is 9.14. The van der Waals surface area contributed by atoms with E-state index in [4.69, 9.17) is 20.3 Å². The van der Waals surface area contributed by atoms with Crippen molar-refractivity contribution in [1.82, 2.24) is 4.57 Å². The molecule has 1 aromatic heterocycles. The highest BCUT2D eigenvalue weighted by Gasteiger charge is 2.20. The minimum Gasteiger partial charge on any atom is -0.506 e. The van der Waals surface area contributed by atoms with Gasteiger partial charge in [0.2, 0.25) is 0 Å². The third-order valence-electron chi connectivity index (χ3n) is 4.16. The monoisotopic (exact) mass is 384 g/mol. The van der Waals surface area contributed by atoms with Gasteiger partial charge in [0, 0.05) is 25.9 Å². The summed E-state index contributed by atoms with van der Waals surface area (Å²) >= 11 is 0. The highest BCUT2D eigenvalue weighted by Crippen LogP contribution is 2.20. The fourth-order valence-corrected chi connectivity index (χ4v) is 2.60. The van der Waals surface area contributed by atoms with E-state index in [2.05, 4.69) is 6.92 Å². The first-order valence-corrected chi connectivity index (χ1v) is 9.14. The predicted octanol–water partition coefficient (Wildman–Crippen LogP) is 4.32. The Bertz CT molecular complexity index is 800. The van der Waals surface area contributed by atoms with E-state index in [1.54, 1.807) is 37.4 Å². The molecule has 0 bridgehead atoms. The quantitative estimate of drug-likeness (QED) is 0.452. The van der Waals surface area contributed by atoms with E-state index in [1.807, 2.05) is 47.3 Å². The van der Waals surface area contributed by atoms with Crippen LogP contribution in [-0.2, 0) is 9.47 Å². The lowest BCUT2D eigenvalue weighted by Gasteiger charge is -2.06. The summed E-state index contributed by atoms with van der Waals surface area (Å²) in [7, 11) is 1.68. The fourth-order valence-electron chi connectivity index (χ4n) is 2.60. The number of rotatable bonds is 2. The average molecular weight is 384 g/mol. The number of phenols is 2. The number of nitrogen functional groups attached to an aromatic ring is 1. The van der Waals surface area contributed by atoms with Crippen molar-refractivity contribution < 1.29 is 19.7 Å². The molecule has 4 N–H and O–H groups in total. The van der Waals surface area contributed by atoms with Crippen LogP contribution >= 0.6 is 0 Å². The topological polar surface area (TPSA) is 89.9 Å². The number of anilines is 1. The summed E-state index contributed by atoms with van der Waals surface area (Å²) in [4.78, 5) is 0. The van der Waals surface area contributed by atoms with Gasteiger partial charge in [0.15, 0.2) is 6.29 Å². The van der Waals surface area contributed by atoms with Crippen molar-refractivity contribution in [1.29, 1.82) is 0 Å². The van der Waals surface area contributed by atoms with Crippen molar-refractivity contribution >= 4 is 5.69 Å². The maximum Gasteiger partial charge on any atom is 0.157 e. The van der Waals surface area contributed by atoms with E-state index >= 15 is 0 Å². The van der Waals surface area contributed by atoms with Crippen molar-refractivity contribution in [3.63, 3.8) is 0 Å². The Hall–Kier alpha value is -2.96. The molecular weight excluding hydrogens is 356 g/mol. The van der Waals surface area contributed by atoms with Crippen molar-refractivity contribution in [3.05, 3.63) is 73.1 Å².